The van der Waals surface area contributed by atoms with Gasteiger partial charge in [0.2, 0.25) is 0 Å². The smallest absolute Gasteiger partial charge is 0.120 e. The van der Waals surface area contributed by atoms with E-state index in [1.54, 1.807) is 0 Å². The van der Waals surface area contributed by atoms with Gasteiger partial charge in [0.15, 0.2) is 0 Å². The van der Waals surface area contributed by atoms with E-state index in [-0.39, 0.29) is 6.10 Å². The number of allylic oxidation sites excluding steroid dienone is 1. The van der Waals surface area contributed by atoms with Crippen LogP contribution in [0.25, 0.3) is 0 Å². The van der Waals surface area contributed by atoms with E-state index in [0.29, 0.717) is 0 Å². The Morgan fingerprint density at radius 1 is 1.35 bits per heavy atom. The maximum atomic E-state index is 5.66. The SMILES string of the molecule is C/C=C/CCNCc1cccc(OC(C)C)c1. The fourth-order valence-corrected chi connectivity index (χ4v) is 1.59. The highest BCUT2D eigenvalue weighted by molar-refractivity contribution is 5.28. The van der Waals surface area contributed by atoms with Crippen molar-refractivity contribution in [1.29, 1.82) is 0 Å². The van der Waals surface area contributed by atoms with Gasteiger partial charge in [-0.2, -0.15) is 0 Å². The fourth-order valence-electron chi connectivity index (χ4n) is 1.59. The molecule has 0 unspecified atom stereocenters. The Bertz CT molecular complexity index is 345. The minimum Gasteiger partial charge on any atom is -0.491 e. The summed E-state index contributed by atoms with van der Waals surface area (Å²) in [4.78, 5) is 0. The summed E-state index contributed by atoms with van der Waals surface area (Å²) in [5.74, 6) is 0.952. The van der Waals surface area contributed by atoms with Crippen molar-refractivity contribution in [3.8, 4) is 5.75 Å². The zero-order valence-corrected chi connectivity index (χ0v) is 11.1. The number of hydrogen-bond acceptors (Lipinski definition) is 2. The third-order valence-electron chi connectivity index (χ3n) is 2.32. The number of benzene rings is 1. The second-order valence-corrected chi connectivity index (χ2v) is 4.35. The summed E-state index contributed by atoms with van der Waals surface area (Å²) in [6, 6.07) is 8.27. The molecule has 1 aromatic carbocycles. The van der Waals surface area contributed by atoms with Gasteiger partial charge in [-0.25, -0.2) is 0 Å². The molecule has 0 amide bonds. The molecule has 1 aromatic rings. The summed E-state index contributed by atoms with van der Waals surface area (Å²) in [5.41, 5.74) is 1.27. The van der Waals surface area contributed by atoms with E-state index in [2.05, 4.69) is 29.6 Å². The molecule has 2 heteroatoms. The highest BCUT2D eigenvalue weighted by Crippen LogP contribution is 2.14. The lowest BCUT2D eigenvalue weighted by atomic mass is 10.2. The molecule has 94 valence electrons. The number of rotatable bonds is 7. The van der Waals surface area contributed by atoms with Crippen molar-refractivity contribution in [3.05, 3.63) is 42.0 Å². The molecule has 17 heavy (non-hydrogen) atoms. The van der Waals surface area contributed by atoms with E-state index in [4.69, 9.17) is 4.74 Å². The van der Waals surface area contributed by atoms with E-state index in [0.717, 1.165) is 25.3 Å². The van der Waals surface area contributed by atoms with E-state index in [9.17, 15) is 0 Å². The number of hydrogen-bond donors (Lipinski definition) is 1. The van der Waals surface area contributed by atoms with Crippen molar-refractivity contribution in [2.75, 3.05) is 6.54 Å². The molecule has 0 atom stereocenters. The van der Waals surface area contributed by atoms with E-state index in [1.165, 1.54) is 5.56 Å². The predicted molar refractivity (Wildman–Crippen MR) is 73.3 cm³/mol. The predicted octanol–water partition coefficient (Wildman–Crippen LogP) is 3.53. The van der Waals surface area contributed by atoms with Crippen LogP contribution in [0.5, 0.6) is 5.75 Å². The Morgan fingerprint density at radius 2 is 2.18 bits per heavy atom. The lowest BCUT2D eigenvalue weighted by Crippen LogP contribution is -2.14. The van der Waals surface area contributed by atoms with E-state index < -0.39 is 0 Å². The maximum absolute atomic E-state index is 5.66. The molecule has 0 heterocycles. The molecule has 1 rings (SSSR count). The Kier molecular flexibility index (Phi) is 6.41. The Labute approximate surface area is 105 Å². The summed E-state index contributed by atoms with van der Waals surface area (Å²) >= 11 is 0. The monoisotopic (exact) mass is 233 g/mol. The average Bonchev–Trinajstić information content (AvgIpc) is 2.28. The molecule has 0 aliphatic carbocycles. The summed E-state index contributed by atoms with van der Waals surface area (Å²) in [6.45, 7) is 8.04. The molecule has 0 aliphatic rings. The second kappa shape index (κ2) is 7.91. The van der Waals surface area contributed by atoms with Crippen LogP contribution in [0.15, 0.2) is 36.4 Å². The first-order chi connectivity index (χ1) is 8.22. The van der Waals surface area contributed by atoms with Crippen LogP contribution in [-0.2, 0) is 6.54 Å². The lowest BCUT2D eigenvalue weighted by molar-refractivity contribution is 0.242. The van der Waals surface area contributed by atoms with Gasteiger partial charge in [0.25, 0.3) is 0 Å². The van der Waals surface area contributed by atoms with Crippen molar-refractivity contribution in [2.45, 2.75) is 39.8 Å². The van der Waals surface area contributed by atoms with Crippen LogP contribution in [0.3, 0.4) is 0 Å². The van der Waals surface area contributed by atoms with E-state index in [1.807, 2.05) is 32.9 Å². The summed E-state index contributed by atoms with van der Waals surface area (Å²) in [6.07, 6.45) is 5.57. The van der Waals surface area contributed by atoms with Crippen LogP contribution >= 0.6 is 0 Å². The van der Waals surface area contributed by atoms with Gasteiger partial charge in [0.1, 0.15) is 5.75 Å². The van der Waals surface area contributed by atoms with Gasteiger partial charge >= 0.3 is 0 Å². The fraction of sp³-hybridized carbons (Fsp3) is 0.467. The molecule has 0 aliphatic heterocycles. The van der Waals surface area contributed by atoms with Gasteiger partial charge in [-0.3, -0.25) is 0 Å². The van der Waals surface area contributed by atoms with Gasteiger partial charge in [-0.05, 0) is 51.4 Å². The quantitative estimate of drug-likeness (QED) is 0.574. The molecule has 0 radical (unpaired) electrons. The lowest BCUT2D eigenvalue weighted by Gasteiger charge is -2.11. The van der Waals surface area contributed by atoms with Crippen LogP contribution in [0.1, 0.15) is 32.8 Å². The highest BCUT2D eigenvalue weighted by Gasteiger charge is 1.98. The van der Waals surface area contributed by atoms with Gasteiger partial charge in [0.05, 0.1) is 6.10 Å². The average molecular weight is 233 g/mol. The van der Waals surface area contributed by atoms with Crippen molar-refractivity contribution < 1.29 is 4.74 Å². The first-order valence-corrected chi connectivity index (χ1v) is 6.30. The molecule has 0 spiro atoms. The van der Waals surface area contributed by atoms with Gasteiger partial charge in [-0.1, -0.05) is 24.3 Å². The normalized spacial score (nSPS) is 11.3. The molecule has 0 aromatic heterocycles. The zero-order valence-electron chi connectivity index (χ0n) is 11.1. The largest absolute Gasteiger partial charge is 0.491 e. The topological polar surface area (TPSA) is 21.3 Å². The van der Waals surface area contributed by atoms with Crippen LogP contribution in [0.4, 0.5) is 0 Å². The summed E-state index contributed by atoms with van der Waals surface area (Å²) in [7, 11) is 0. The molecule has 0 saturated carbocycles. The van der Waals surface area contributed by atoms with Crippen molar-refractivity contribution >= 4 is 0 Å². The third-order valence-corrected chi connectivity index (χ3v) is 2.32. The molecule has 0 saturated heterocycles. The summed E-state index contributed by atoms with van der Waals surface area (Å²) in [5, 5.41) is 3.41. The third kappa shape index (κ3) is 6.12. The molecule has 2 nitrogen and oxygen atoms in total. The molecular formula is C15H23NO. The maximum Gasteiger partial charge on any atom is 0.120 e. The van der Waals surface area contributed by atoms with Crippen LogP contribution < -0.4 is 10.1 Å². The van der Waals surface area contributed by atoms with Gasteiger partial charge < -0.3 is 10.1 Å². The minimum absolute atomic E-state index is 0.230. The minimum atomic E-state index is 0.230. The van der Waals surface area contributed by atoms with Crippen molar-refractivity contribution in [2.24, 2.45) is 0 Å². The van der Waals surface area contributed by atoms with Crippen LogP contribution in [0, 0.1) is 0 Å². The Morgan fingerprint density at radius 3 is 2.88 bits per heavy atom. The van der Waals surface area contributed by atoms with Crippen molar-refractivity contribution in [3.63, 3.8) is 0 Å². The van der Waals surface area contributed by atoms with Gasteiger partial charge in [0, 0.05) is 6.54 Å². The molecule has 0 fully saturated rings. The highest BCUT2D eigenvalue weighted by atomic mass is 16.5. The first-order valence-electron chi connectivity index (χ1n) is 6.30. The zero-order chi connectivity index (χ0) is 12.5. The summed E-state index contributed by atoms with van der Waals surface area (Å²) < 4.78 is 5.66. The molecule has 1 N–H and O–H groups in total. The number of nitrogens with one attached hydrogen (secondary N) is 1. The Hall–Kier alpha value is -1.28. The van der Waals surface area contributed by atoms with Crippen molar-refractivity contribution in [1.82, 2.24) is 5.32 Å². The van der Waals surface area contributed by atoms with E-state index >= 15 is 0 Å². The van der Waals surface area contributed by atoms with Gasteiger partial charge in [-0.15, -0.1) is 0 Å². The first kappa shape index (κ1) is 13.8. The standard InChI is InChI=1S/C15H23NO/c1-4-5-6-10-16-12-14-8-7-9-15(11-14)17-13(2)3/h4-5,7-9,11,13,16H,6,10,12H2,1-3H3/b5-4+. The number of ether oxygens (including phenoxy) is 1. The molecular weight excluding hydrogens is 210 g/mol. The van der Waals surface area contributed by atoms with Crippen LogP contribution in [0.2, 0.25) is 0 Å². The van der Waals surface area contributed by atoms with Crippen LogP contribution in [-0.4, -0.2) is 12.6 Å². The Balaban J connectivity index is 2.37. The second-order valence-electron chi connectivity index (χ2n) is 4.35. The molecule has 0 bridgehead atoms.